The molecule has 0 N–H and O–H groups in total. The zero-order valence-corrected chi connectivity index (χ0v) is 10.9. The maximum absolute atomic E-state index is 11.6. The molecule has 96 valence electrons. The topological polar surface area (TPSA) is 70.2 Å². The van der Waals surface area contributed by atoms with Gasteiger partial charge in [0.15, 0.2) is 0 Å². The highest BCUT2D eigenvalue weighted by Crippen LogP contribution is 2.22. The molecule has 0 bridgehead atoms. The van der Waals surface area contributed by atoms with Gasteiger partial charge in [0.25, 0.3) is 0 Å². The summed E-state index contributed by atoms with van der Waals surface area (Å²) in [6, 6.07) is 1.85. The summed E-state index contributed by atoms with van der Waals surface area (Å²) < 4.78 is 12.0. The smallest absolute Gasteiger partial charge is 0.376 e. The number of ether oxygens (including phenoxy) is 1. The number of esters is 1. The van der Waals surface area contributed by atoms with E-state index >= 15 is 0 Å². The van der Waals surface area contributed by atoms with Crippen LogP contribution in [-0.4, -0.2) is 27.3 Å². The number of hydrogen-bond acceptors (Lipinski definition) is 5. The number of carbonyl (C=O) groups is 1. The van der Waals surface area contributed by atoms with Crippen LogP contribution in [0.15, 0.2) is 10.5 Å². The lowest BCUT2D eigenvalue weighted by atomic mass is 10.3. The molecule has 6 nitrogen and oxygen atoms in total. The lowest BCUT2D eigenvalue weighted by Crippen LogP contribution is -2.04. The Bertz CT molecular complexity index is 583. The monoisotopic (exact) mass is 249 g/mol. The number of nitrogens with zero attached hydrogens (tertiary/aromatic N) is 3. The first-order valence-corrected chi connectivity index (χ1v) is 5.68. The van der Waals surface area contributed by atoms with E-state index in [1.54, 1.807) is 25.6 Å². The van der Waals surface area contributed by atoms with Crippen LogP contribution in [0.4, 0.5) is 0 Å². The van der Waals surface area contributed by atoms with Gasteiger partial charge in [-0.05, 0) is 26.8 Å². The van der Waals surface area contributed by atoms with Gasteiger partial charge in [0.05, 0.1) is 18.0 Å². The van der Waals surface area contributed by atoms with Crippen molar-refractivity contribution in [3.63, 3.8) is 0 Å². The fourth-order valence-electron chi connectivity index (χ4n) is 1.70. The van der Waals surface area contributed by atoms with Gasteiger partial charge in [-0.3, -0.25) is 4.68 Å². The lowest BCUT2D eigenvalue weighted by Gasteiger charge is -1.97. The van der Waals surface area contributed by atoms with Gasteiger partial charge in [0.2, 0.25) is 11.7 Å². The van der Waals surface area contributed by atoms with Crippen LogP contribution in [0.1, 0.15) is 28.9 Å². The quantitative estimate of drug-likeness (QED) is 0.776. The maximum atomic E-state index is 11.6. The van der Waals surface area contributed by atoms with E-state index < -0.39 is 5.97 Å². The van der Waals surface area contributed by atoms with Gasteiger partial charge in [0.1, 0.15) is 5.69 Å². The van der Waals surface area contributed by atoms with Crippen LogP contribution < -0.4 is 0 Å². The van der Waals surface area contributed by atoms with Gasteiger partial charge in [-0.25, -0.2) is 9.78 Å². The Hall–Kier alpha value is -2.11. The third-order valence-electron chi connectivity index (χ3n) is 2.48. The summed E-state index contributed by atoms with van der Waals surface area (Å²) >= 11 is 0. The zero-order chi connectivity index (χ0) is 13.3. The molecule has 0 saturated carbocycles. The third-order valence-corrected chi connectivity index (χ3v) is 2.48. The number of aromatic nitrogens is 3. The summed E-state index contributed by atoms with van der Waals surface area (Å²) in [5.74, 6) is 0.0250. The number of oxazole rings is 1. The lowest BCUT2D eigenvalue weighted by molar-refractivity contribution is 0.0490. The molecule has 0 spiro atoms. The van der Waals surface area contributed by atoms with Gasteiger partial charge in [0, 0.05) is 7.05 Å². The highest BCUT2D eigenvalue weighted by molar-refractivity contribution is 5.87. The van der Waals surface area contributed by atoms with Gasteiger partial charge in [-0.15, -0.1) is 0 Å². The molecule has 18 heavy (non-hydrogen) atoms. The normalized spacial score (nSPS) is 10.7. The first kappa shape index (κ1) is 12.3. The van der Waals surface area contributed by atoms with Gasteiger partial charge >= 0.3 is 5.97 Å². The van der Waals surface area contributed by atoms with Crippen LogP contribution in [0, 0.1) is 13.8 Å². The molecular weight excluding hydrogens is 234 g/mol. The average molecular weight is 249 g/mol. The van der Waals surface area contributed by atoms with Crippen molar-refractivity contribution in [3.8, 4) is 11.6 Å². The molecule has 0 aliphatic heterocycles. The molecular formula is C12H15N3O3. The van der Waals surface area contributed by atoms with E-state index in [1.807, 2.05) is 13.0 Å². The van der Waals surface area contributed by atoms with Crippen LogP contribution in [0.3, 0.4) is 0 Å². The molecule has 0 radical (unpaired) electrons. The molecule has 6 heteroatoms. The second-order valence-electron chi connectivity index (χ2n) is 3.95. The van der Waals surface area contributed by atoms with Crippen molar-refractivity contribution in [2.45, 2.75) is 20.8 Å². The second-order valence-corrected chi connectivity index (χ2v) is 3.95. The molecule has 0 unspecified atom stereocenters. The fraction of sp³-hybridized carbons (Fsp3) is 0.417. The second kappa shape index (κ2) is 4.64. The molecule has 0 aliphatic rings. The summed E-state index contributed by atoms with van der Waals surface area (Å²) in [5.41, 5.74) is 2.11. The summed E-state index contributed by atoms with van der Waals surface area (Å²) in [4.78, 5) is 15.9. The van der Waals surface area contributed by atoms with E-state index in [9.17, 15) is 4.79 Å². The standard InChI is InChI=1S/C12H15N3O3/c1-5-17-12(16)10-8(3)13-11(18-10)9-6-7(2)14-15(9)4/h6H,5H2,1-4H3. The van der Waals surface area contributed by atoms with Crippen LogP contribution in [-0.2, 0) is 11.8 Å². The Balaban J connectivity index is 2.40. The van der Waals surface area contributed by atoms with Crippen LogP contribution in [0.5, 0.6) is 0 Å². The van der Waals surface area contributed by atoms with Gasteiger partial charge < -0.3 is 9.15 Å². The van der Waals surface area contributed by atoms with Gasteiger partial charge in [-0.2, -0.15) is 5.10 Å². The minimum Gasteiger partial charge on any atom is -0.460 e. The number of rotatable bonds is 3. The van der Waals surface area contributed by atoms with E-state index in [1.165, 1.54) is 0 Å². The number of aryl methyl sites for hydroxylation is 3. The average Bonchev–Trinajstić information content (AvgIpc) is 2.82. The van der Waals surface area contributed by atoms with Crippen molar-refractivity contribution < 1.29 is 13.9 Å². The molecule has 0 atom stereocenters. The predicted octanol–water partition coefficient (Wildman–Crippen LogP) is 1.87. The van der Waals surface area contributed by atoms with Gasteiger partial charge in [-0.1, -0.05) is 0 Å². The Morgan fingerprint density at radius 3 is 2.78 bits per heavy atom. The highest BCUT2D eigenvalue weighted by atomic mass is 16.5. The summed E-state index contributed by atoms with van der Waals surface area (Å²) in [6.45, 7) is 5.64. The highest BCUT2D eigenvalue weighted by Gasteiger charge is 2.20. The van der Waals surface area contributed by atoms with Crippen LogP contribution in [0.25, 0.3) is 11.6 Å². The van der Waals surface area contributed by atoms with E-state index in [4.69, 9.17) is 9.15 Å². The number of hydrogen-bond donors (Lipinski definition) is 0. The Morgan fingerprint density at radius 1 is 1.50 bits per heavy atom. The molecule has 2 aromatic heterocycles. The largest absolute Gasteiger partial charge is 0.460 e. The van der Waals surface area contributed by atoms with Crippen molar-refractivity contribution in [2.75, 3.05) is 6.61 Å². The summed E-state index contributed by atoms with van der Waals surface area (Å²) in [6.07, 6.45) is 0. The SMILES string of the molecule is CCOC(=O)c1oc(-c2cc(C)nn2C)nc1C. The Labute approximate surface area is 105 Å². The predicted molar refractivity (Wildman–Crippen MR) is 64.1 cm³/mol. The van der Waals surface area contributed by atoms with Crippen molar-refractivity contribution in [1.29, 1.82) is 0 Å². The molecule has 2 rings (SSSR count). The van der Waals surface area contributed by atoms with Crippen LogP contribution >= 0.6 is 0 Å². The molecule has 0 aromatic carbocycles. The molecule has 0 amide bonds. The van der Waals surface area contributed by atoms with E-state index in [2.05, 4.69) is 10.1 Å². The maximum Gasteiger partial charge on any atom is 0.376 e. The van der Waals surface area contributed by atoms with Crippen molar-refractivity contribution in [2.24, 2.45) is 7.05 Å². The molecule has 2 aromatic rings. The third kappa shape index (κ3) is 2.13. The zero-order valence-electron chi connectivity index (χ0n) is 10.9. The first-order chi connectivity index (χ1) is 8.52. The van der Waals surface area contributed by atoms with E-state index in [-0.39, 0.29) is 5.76 Å². The fourth-order valence-corrected chi connectivity index (χ4v) is 1.70. The molecule has 2 heterocycles. The summed E-state index contributed by atoms with van der Waals surface area (Å²) in [5, 5.41) is 4.21. The van der Waals surface area contributed by atoms with Crippen LogP contribution in [0.2, 0.25) is 0 Å². The minimum atomic E-state index is -0.493. The van der Waals surface area contributed by atoms with Crippen molar-refractivity contribution in [3.05, 3.63) is 23.2 Å². The molecule has 0 saturated heterocycles. The molecule has 0 fully saturated rings. The first-order valence-electron chi connectivity index (χ1n) is 5.68. The van der Waals surface area contributed by atoms with E-state index in [0.29, 0.717) is 18.2 Å². The summed E-state index contributed by atoms with van der Waals surface area (Å²) in [7, 11) is 1.80. The Morgan fingerprint density at radius 2 is 2.22 bits per heavy atom. The van der Waals surface area contributed by atoms with Crippen molar-refractivity contribution >= 4 is 5.97 Å². The van der Waals surface area contributed by atoms with Crippen molar-refractivity contribution in [1.82, 2.24) is 14.8 Å². The minimum absolute atomic E-state index is 0.144. The molecule has 0 aliphatic carbocycles. The number of carbonyl (C=O) groups excluding carboxylic acids is 1. The Kier molecular flexibility index (Phi) is 3.18. The van der Waals surface area contributed by atoms with E-state index in [0.717, 1.165) is 11.4 Å².